The van der Waals surface area contributed by atoms with Gasteiger partial charge >= 0.3 is 0 Å². The number of nitrogen functional groups attached to an aromatic ring is 1. The molecule has 0 radical (unpaired) electrons. The fourth-order valence-electron chi connectivity index (χ4n) is 4.05. The third-order valence-electron chi connectivity index (χ3n) is 5.48. The van der Waals surface area contributed by atoms with Gasteiger partial charge in [-0.25, -0.2) is 9.50 Å². The van der Waals surface area contributed by atoms with Gasteiger partial charge in [-0.1, -0.05) is 36.7 Å². The Balaban J connectivity index is 0.00000245. The molecule has 162 valence electrons. The number of halogens is 1. The normalized spacial score (nSPS) is 17.5. The molecule has 32 heavy (non-hydrogen) atoms. The van der Waals surface area contributed by atoms with Crippen LogP contribution in [0.25, 0.3) is 11.2 Å². The summed E-state index contributed by atoms with van der Waals surface area (Å²) in [6.07, 6.45) is 3.07. The number of anilines is 2. The molecular weight excluding hydrogens is 448 g/mol. The molecule has 0 amide bonds. The summed E-state index contributed by atoms with van der Waals surface area (Å²) in [4.78, 5) is 23.6. The van der Waals surface area contributed by atoms with Crippen molar-refractivity contribution >= 4 is 42.4 Å². The van der Waals surface area contributed by atoms with Crippen molar-refractivity contribution in [2.45, 2.75) is 13.0 Å². The largest absolute Gasteiger partial charge is 0.368 e. The molecule has 9 nitrogen and oxygen atoms in total. The predicted octanol–water partition coefficient (Wildman–Crippen LogP) is 2.69. The van der Waals surface area contributed by atoms with Crippen LogP contribution in [0.1, 0.15) is 24.4 Å². The topological polar surface area (TPSA) is 118 Å². The van der Waals surface area contributed by atoms with Crippen LogP contribution >= 0.6 is 25.1 Å². The van der Waals surface area contributed by atoms with Crippen molar-refractivity contribution in [1.82, 2.24) is 24.1 Å². The molecule has 4 heterocycles. The van der Waals surface area contributed by atoms with Crippen LogP contribution in [0.2, 0.25) is 5.02 Å². The van der Waals surface area contributed by atoms with Gasteiger partial charge in [-0.3, -0.25) is 9.36 Å². The van der Waals surface area contributed by atoms with E-state index < -0.39 is 0 Å². The van der Waals surface area contributed by atoms with Gasteiger partial charge in [-0.05, 0) is 18.2 Å². The summed E-state index contributed by atoms with van der Waals surface area (Å²) in [6.45, 7) is 2.69. The summed E-state index contributed by atoms with van der Waals surface area (Å²) >= 11 is 6.28. The van der Waals surface area contributed by atoms with Gasteiger partial charge in [-0.2, -0.15) is 28.8 Å². The van der Waals surface area contributed by atoms with Gasteiger partial charge in [0.2, 0.25) is 5.95 Å². The van der Waals surface area contributed by atoms with Crippen molar-refractivity contribution in [3.63, 3.8) is 0 Å². The van der Waals surface area contributed by atoms with Gasteiger partial charge in [-0.15, -0.1) is 0 Å². The predicted molar refractivity (Wildman–Crippen MR) is 127 cm³/mol. The van der Waals surface area contributed by atoms with E-state index in [0.717, 1.165) is 0 Å². The number of fused-ring (bicyclic) bond motifs is 1. The second-order valence-corrected chi connectivity index (χ2v) is 7.85. The third kappa shape index (κ3) is 3.26. The summed E-state index contributed by atoms with van der Waals surface area (Å²) < 4.78 is 3.08. The zero-order valence-electron chi connectivity index (χ0n) is 17.0. The minimum atomic E-state index is -0.306. The molecule has 1 aliphatic rings. The SMILES string of the molecule is CC1CN(c2nc(N)ncc2C#N)C1c1nn2ccc(Cl)c2c(=O)n1-c1ccccc1.S. The summed E-state index contributed by atoms with van der Waals surface area (Å²) in [5.74, 6) is 1.18. The molecule has 11 heteroatoms. The molecule has 0 spiro atoms. The maximum absolute atomic E-state index is 13.5. The first-order valence-corrected chi connectivity index (χ1v) is 10.0. The van der Waals surface area contributed by atoms with Crippen LogP contribution in [0, 0.1) is 17.2 Å². The fraction of sp³-hybridized carbons (Fsp3) is 0.190. The second kappa shape index (κ2) is 8.18. The van der Waals surface area contributed by atoms with E-state index in [4.69, 9.17) is 22.4 Å². The highest BCUT2D eigenvalue weighted by atomic mass is 35.5. The van der Waals surface area contributed by atoms with E-state index in [1.807, 2.05) is 35.2 Å². The van der Waals surface area contributed by atoms with Crippen molar-refractivity contribution in [2.75, 3.05) is 17.2 Å². The molecule has 0 bridgehead atoms. The number of rotatable bonds is 3. The number of hydrogen-bond donors (Lipinski definition) is 1. The first-order chi connectivity index (χ1) is 15.0. The lowest BCUT2D eigenvalue weighted by Gasteiger charge is -2.47. The number of nitriles is 1. The van der Waals surface area contributed by atoms with Crippen LogP contribution in [0.5, 0.6) is 0 Å². The molecule has 1 aliphatic heterocycles. The minimum Gasteiger partial charge on any atom is -0.368 e. The van der Waals surface area contributed by atoms with Gasteiger partial charge < -0.3 is 10.6 Å². The van der Waals surface area contributed by atoms with Crippen molar-refractivity contribution in [3.05, 3.63) is 75.6 Å². The Bertz CT molecular complexity index is 1410. The maximum atomic E-state index is 13.5. The molecular formula is C21H19ClN8OS. The van der Waals surface area contributed by atoms with Crippen LogP contribution in [0.4, 0.5) is 11.8 Å². The van der Waals surface area contributed by atoms with Gasteiger partial charge in [0.25, 0.3) is 5.56 Å². The summed E-state index contributed by atoms with van der Waals surface area (Å²) in [6, 6.07) is 12.7. The zero-order chi connectivity index (χ0) is 21.7. The molecule has 0 saturated carbocycles. The number of hydrogen-bond acceptors (Lipinski definition) is 7. The Hall–Kier alpha value is -3.55. The van der Waals surface area contributed by atoms with Gasteiger partial charge in [0.1, 0.15) is 17.1 Å². The molecule has 2 unspecified atom stereocenters. The van der Waals surface area contributed by atoms with Crippen LogP contribution in [-0.4, -0.2) is 30.7 Å². The van der Waals surface area contributed by atoms with Crippen molar-refractivity contribution in [3.8, 4) is 11.8 Å². The molecule has 4 aromatic rings. The van der Waals surface area contributed by atoms with E-state index >= 15 is 0 Å². The Kier molecular flexibility index (Phi) is 5.54. The van der Waals surface area contributed by atoms with E-state index in [-0.39, 0.29) is 37.0 Å². The summed E-state index contributed by atoms with van der Waals surface area (Å²) in [5, 5.41) is 14.6. The van der Waals surface area contributed by atoms with Gasteiger partial charge in [0, 0.05) is 18.7 Å². The number of nitrogens with two attached hydrogens (primary N) is 1. The maximum Gasteiger partial charge on any atom is 0.284 e. The van der Waals surface area contributed by atoms with E-state index in [2.05, 4.69) is 23.0 Å². The van der Waals surface area contributed by atoms with Crippen LogP contribution in [-0.2, 0) is 0 Å². The summed E-state index contributed by atoms with van der Waals surface area (Å²) in [5.41, 5.74) is 6.81. The Morgan fingerprint density at radius 1 is 1.25 bits per heavy atom. The van der Waals surface area contributed by atoms with Crippen LogP contribution in [0.15, 0.2) is 53.6 Å². The highest BCUT2D eigenvalue weighted by Gasteiger charge is 2.42. The second-order valence-electron chi connectivity index (χ2n) is 7.44. The summed E-state index contributed by atoms with van der Waals surface area (Å²) in [7, 11) is 0. The lowest BCUT2D eigenvalue weighted by molar-refractivity contribution is 0.300. The Labute approximate surface area is 195 Å². The quantitative estimate of drug-likeness (QED) is 0.493. The fourth-order valence-corrected chi connectivity index (χ4v) is 4.28. The molecule has 2 N–H and O–H groups in total. The molecule has 3 aromatic heterocycles. The lowest BCUT2D eigenvalue weighted by Crippen LogP contribution is -2.51. The first-order valence-electron chi connectivity index (χ1n) is 9.64. The van der Waals surface area contributed by atoms with E-state index in [9.17, 15) is 10.1 Å². The highest BCUT2D eigenvalue weighted by Crippen LogP contribution is 2.42. The van der Waals surface area contributed by atoms with Crippen LogP contribution < -0.4 is 16.2 Å². The standard InChI is InChI=1S/C21H17ClN8O.H2S/c1-12-11-28(18-13(9-23)10-25-21(24)26-18)16(12)19-27-29-8-7-15(22)17(29)20(31)30(19)14-5-3-2-4-6-14;/h2-8,10,12,16H,11H2,1H3,(H2,24,25,26);1H2. The number of nitrogens with zero attached hydrogens (tertiary/aromatic N) is 7. The number of benzene rings is 1. The van der Waals surface area contributed by atoms with Gasteiger partial charge in [0.05, 0.1) is 22.9 Å². The molecule has 5 rings (SSSR count). The average Bonchev–Trinajstić information content (AvgIpc) is 3.13. The average molecular weight is 467 g/mol. The lowest BCUT2D eigenvalue weighted by atomic mass is 9.89. The van der Waals surface area contributed by atoms with Crippen molar-refractivity contribution in [2.24, 2.45) is 5.92 Å². The van der Waals surface area contributed by atoms with E-state index in [1.165, 1.54) is 10.7 Å². The third-order valence-corrected chi connectivity index (χ3v) is 5.79. The molecule has 1 fully saturated rings. The first kappa shape index (κ1) is 21.7. The number of para-hydroxylation sites is 1. The van der Waals surface area contributed by atoms with Crippen LogP contribution in [0.3, 0.4) is 0 Å². The molecule has 0 aliphatic carbocycles. The van der Waals surface area contributed by atoms with E-state index in [0.29, 0.717) is 40.0 Å². The zero-order valence-corrected chi connectivity index (χ0v) is 18.7. The highest BCUT2D eigenvalue weighted by molar-refractivity contribution is 7.59. The minimum absolute atomic E-state index is 0. The molecule has 1 saturated heterocycles. The van der Waals surface area contributed by atoms with Crippen molar-refractivity contribution < 1.29 is 0 Å². The monoisotopic (exact) mass is 466 g/mol. The number of aromatic nitrogens is 5. The van der Waals surface area contributed by atoms with Crippen molar-refractivity contribution in [1.29, 1.82) is 5.26 Å². The Morgan fingerprint density at radius 3 is 2.69 bits per heavy atom. The molecule has 2 atom stereocenters. The van der Waals surface area contributed by atoms with Gasteiger partial charge in [0.15, 0.2) is 11.6 Å². The Morgan fingerprint density at radius 2 is 2.00 bits per heavy atom. The smallest absolute Gasteiger partial charge is 0.284 e. The van der Waals surface area contributed by atoms with E-state index in [1.54, 1.807) is 16.8 Å². The molecule has 1 aromatic carbocycles.